The van der Waals surface area contributed by atoms with Crippen LogP contribution in [0.25, 0.3) is 10.6 Å². The first-order chi connectivity index (χ1) is 12.6. The molecule has 1 fully saturated rings. The molecular formula is C19H24N4O2S. The highest BCUT2D eigenvalue weighted by atomic mass is 32.1. The Bertz CT molecular complexity index is 751. The normalized spacial score (nSPS) is 14.3. The van der Waals surface area contributed by atoms with E-state index in [1.807, 2.05) is 31.2 Å². The number of nitrogens with zero attached hydrogens (tertiary/aromatic N) is 2. The van der Waals surface area contributed by atoms with Crippen LogP contribution in [0, 0.1) is 12.8 Å². The van der Waals surface area contributed by atoms with Gasteiger partial charge in [-0.05, 0) is 19.3 Å². The van der Waals surface area contributed by atoms with E-state index in [4.69, 9.17) is 0 Å². The molecule has 0 saturated heterocycles. The Morgan fingerprint density at radius 3 is 2.58 bits per heavy atom. The molecule has 26 heavy (non-hydrogen) atoms. The van der Waals surface area contributed by atoms with E-state index in [0.29, 0.717) is 17.5 Å². The van der Waals surface area contributed by atoms with Gasteiger partial charge in [0.05, 0.1) is 6.54 Å². The molecule has 138 valence electrons. The van der Waals surface area contributed by atoms with Crippen LogP contribution in [0.1, 0.15) is 44.1 Å². The maximum absolute atomic E-state index is 12.0. The van der Waals surface area contributed by atoms with E-state index in [1.54, 1.807) is 0 Å². The highest BCUT2D eigenvalue weighted by Crippen LogP contribution is 2.28. The van der Waals surface area contributed by atoms with Crippen LogP contribution < -0.4 is 10.6 Å². The van der Waals surface area contributed by atoms with E-state index in [0.717, 1.165) is 17.0 Å². The smallest absolute Gasteiger partial charge is 0.245 e. The Morgan fingerprint density at radius 1 is 1.12 bits per heavy atom. The second-order valence-corrected chi connectivity index (χ2v) is 7.77. The van der Waals surface area contributed by atoms with Crippen molar-refractivity contribution in [2.75, 3.05) is 11.9 Å². The van der Waals surface area contributed by atoms with Gasteiger partial charge in [-0.25, -0.2) is 0 Å². The highest BCUT2D eigenvalue weighted by Gasteiger charge is 2.16. The van der Waals surface area contributed by atoms with Gasteiger partial charge >= 0.3 is 0 Å². The molecule has 0 unspecified atom stereocenters. The topological polar surface area (TPSA) is 84.0 Å². The fraction of sp³-hybridized carbons (Fsp3) is 0.474. The standard InChI is InChI=1S/C19H24N4O2S/c1-13-6-9-15(10-7-13)18-22-23-19(26-18)21-17(25)12-20-16(24)11-8-14-4-2-3-5-14/h6-7,9-10,14H,2-5,8,11-12H2,1H3,(H,20,24)(H,21,23,25). The van der Waals surface area contributed by atoms with Crippen LogP contribution in [-0.2, 0) is 9.59 Å². The summed E-state index contributed by atoms with van der Waals surface area (Å²) < 4.78 is 0. The SMILES string of the molecule is Cc1ccc(-c2nnc(NC(=O)CNC(=O)CCC3CCCC3)s2)cc1. The first kappa shape index (κ1) is 18.5. The number of hydrogen-bond donors (Lipinski definition) is 2. The fourth-order valence-corrected chi connectivity index (χ4v) is 3.92. The molecule has 1 aliphatic carbocycles. The van der Waals surface area contributed by atoms with Crippen LogP contribution in [0.15, 0.2) is 24.3 Å². The van der Waals surface area contributed by atoms with E-state index in [9.17, 15) is 9.59 Å². The molecule has 7 heteroatoms. The first-order valence-corrected chi connectivity index (χ1v) is 9.89. The third kappa shape index (κ3) is 5.36. The number of anilines is 1. The zero-order valence-corrected chi connectivity index (χ0v) is 15.8. The molecule has 2 aromatic rings. The van der Waals surface area contributed by atoms with Crippen molar-refractivity contribution in [1.82, 2.24) is 15.5 Å². The molecule has 0 radical (unpaired) electrons. The van der Waals surface area contributed by atoms with Gasteiger partial charge in [-0.2, -0.15) is 0 Å². The van der Waals surface area contributed by atoms with Gasteiger partial charge < -0.3 is 5.32 Å². The Hall–Kier alpha value is -2.28. The van der Waals surface area contributed by atoms with E-state index < -0.39 is 0 Å². The molecular weight excluding hydrogens is 348 g/mol. The van der Waals surface area contributed by atoms with Crippen molar-refractivity contribution in [3.05, 3.63) is 29.8 Å². The van der Waals surface area contributed by atoms with Crippen molar-refractivity contribution >= 4 is 28.3 Å². The fourth-order valence-electron chi connectivity index (χ4n) is 3.15. The van der Waals surface area contributed by atoms with Crippen molar-refractivity contribution < 1.29 is 9.59 Å². The minimum absolute atomic E-state index is 0.0387. The van der Waals surface area contributed by atoms with Gasteiger partial charge in [0.1, 0.15) is 5.01 Å². The van der Waals surface area contributed by atoms with Crippen molar-refractivity contribution in [3.8, 4) is 10.6 Å². The third-order valence-corrected chi connectivity index (χ3v) is 5.56. The van der Waals surface area contributed by atoms with E-state index in [2.05, 4.69) is 20.8 Å². The number of aryl methyl sites for hydroxylation is 1. The molecule has 1 aliphatic rings. The zero-order chi connectivity index (χ0) is 18.4. The Balaban J connectivity index is 1.41. The van der Waals surface area contributed by atoms with Crippen molar-refractivity contribution in [1.29, 1.82) is 0 Å². The molecule has 1 aromatic heterocycles. The predicted molar refractivity (Wildman–Crippen MR) is 103 cm³/mol. The number of carbonyl (C=O) groups is 2. The molecule has 1 saturated carbocycles. The summed E-state index contributed by atoms with van der Waals surface area (Å²) in [7, 11) is 0. The van der Waals surface area contributed by atoms with Crippen molar-refractivity contribution in [2.24, 2.45) is 5.92 Å². The first-order valence-electron chi connectivity index (χ1n) is 9.07. The number of hydrogen-bond acceptors (Lipinski definition) is 5. The summed E-state index contributed by atoms with van der Waals surface area (Å²) in [6.07, 6.45) is 6.43. The average Bonchev–Trinajstić information content (AvgIpc) is 3.31. The van der Waals surface area contributed by atoms with E-state index in [1.165, 1.54) is 42.6 Å². The predicted octanol–water partition coefficient (Wildman–Crippen LogP) is 3.54. The van der Waals surface area contributed by atoms with Gasteiger partial charge in [-0.3, -0.25) is 14.9 Å². The van der Waals surface area contributed by atoms with Crippen molar-refractivity contribution in [2.45, 2.75) is 45.4 Å². The molecule has 2 N–H and O–H groups in total. The molecule has 1 heterocycles. The van der Waals surface area contributed by atoms with Crippen LogP contribution >= 0.6 is 11.3 Å². The summed E-state index contributed by atoms with van der Waals surface area (Å²) in [4.78, 5) is 23.8. The van der Waals surface area contributed by atoms with Gasteiger partial charge in [-0.1, -0.05) is 66.8 Å². The quantitative estimate of drug-likeness (QED) is 0.779. The van der Waals surface area contributed by atoms with E-state index in [-0.39, 0.29) is 18.4 Å². The zero-order valence-electron chi connectivity index (χ0n) is 15.0. The maximum atomic E-state index is 12.0. The van der Waals surface area contributed by atoms with Gasteiger partial charge in [-0.15, -0.1) is 10.2 Å². The lowest BCUT2D eigenvalue weighted by atomic mass is 10.0. The molecule has 1 aromatic carbocycles. The van der Waals surface area contributed by atoms with Crippen LogP contribution in [0.5, 0.6) is 0 Å². The summed E-state index contributed by atoms with van der Waals surface area (Å²) >= 11 is 1.31. The summed E-state index contributed by atoms with van der Waals surface area (Å²) in [5, 5.41) is 14.6. The maximum Gasteiger partial charge on any atom is 0.245 e. The molecule has 0 spiro atoms. The largest absolute Gasteiger partial charge is 0.347 e. The lowest BCUT2D eigenvalue weighted by molar-refractivity contribution is -0.124. The Morgan fingerprint density at radius 2 is 1.85 bits per heavy atom. The number of nitrogens with one attached hydrogen (secondary N) is 2. The third-order valence-electron chi connectivity index (χ3n) is 4.67. The molecule has 3 rings (SSSR count). The van der Waals surface area contributed by atoms with Crippen molar-refractivity contribution in [3.63, 3.8) is 0 Å². The average molecular weight is 372 g/mol. The molecule has 6 nitrogen and oxygen atoms in total. The molecule has 0 atom stereocenters. The summed E-state index contributed by atoms with van der Waals surface area (Å²) in [6, 6.07) is 7.98. The van der Waals surface area contributed by atoms with E-state index >= 15 is 0 Å². The van der Waals surface area contributed by atoms with Gasteiger partial charge in [0.25, 0.3) is 0 Å². The van der Waals surface area contributed by atoms with Gasteiger partial charge in [0.15, 0.2) is 0 Å². The second kappa shape index (κ2) is 8.89. The van der Waals surface area contributed by atoms with Crippen LogP contribution in [0.4, 0.5) is 5.13 Å². The summed E-state index contributed by atoms with van der Waals surface area (Å²) in [5.74, 6) is 0.326. The Labute approximate surface area is 157 Å². The summed E-state index contributed by atoms with van der Waals surface area (Å²) in [5.41, 5.74) is 2.14. The van der Waals surface area contributed by atoms with Crippen LogP contribution in [0.2, 0.25) is 0 Å². The van der Waals surface area contributed by atoms with Crippen LogP contribution in [-0.4, -0.2) is 28.6 Å². The molecule has 2 amide bonds. The number of carbonyl (C=O) groups excluding carboxylic acids is 2. The Kier molecular flexibility index (Phi) is 6.33. The minimum Gasteiger partial charge on any atom is -0.347 e. The monoisotopic (exact) mass is 372 g/mol. The number of benzene rings is 1. The summed E-state index contributed by atoms with van der Waals surface area (Å²) in [6.45, 7) is 1.99. The number of amides is 2. The van der Waals surface area contributed by atoms with Crippen LogP contribution in [0.3, 0.4) is 0 Å². The van der Waals surface area contributed by atoms with Gasteiger partial charge in [0.2, 0.25) is 16.9 Å². The molecule has 0 aliphatic heterocycles. The lowest BCUT2D eigenvalue weighted by Gasteiger charge is -2.08. The second-order valence-electron chi connectivity index (χ2n) is 6.79. The molecule has 0 bridgehead atoms. The number of rotatable bonds is 7. The number of aromatic nitrogens is 2. The lowest BCUT2D eigenvalue weighted by Crippen LogP contribution is -2.32. The highest BCUT2D eigenvalue weighted by molar-refractivity contribution is 7.18. The minimum atomic E-state index is -0.286. The van der Waals surface area contributed by atoms with Gasteiger partial charge in [0, 0.05) is 12.0 Å².